The molecular weight excluding hydrogens is 422 g/mol. The third-order valence-electron chi connectivity index (χ3n) is 5.86. The van der Waals surface area contributed by atoms with E-state index in [0.717, 1.165) is 49.5 Å². The first-order chi connectivity index (χ1) is 15.7. The van der Waals surface area contributed by atoms with Crippen LogP contribution in [0.15, 0.2) is 79.0 Å². The Morgan fingerprint density at radius 2 is 1.75 bits per heavy atom. The molecule has 0 aliphatic carbocycles. The third-order valence-corrected chi connectivity index (χ3v) is 6.21. The van der Waals surface area contributed by atoms with Crippen molar-refractivity contribution in [3.63, 3.8) is 0 Å². The summed E-state index contributed by atoms with van der Waals surface area (Å²) in [6.07, 6.45) is 3.39. The van der Waals surface area contributed by atoms with Crippen molar-refractivity contribution in [3.8, 4) is 5.75 Å². The number of amides is 1. The average Bonchev–Trinajstić information content (AvgIpc) is 2.85. The van der Waals surface area contributed by atoms with E-state index in [1.807, 2.05) is 72.8 Å². The number of piperidine rings is 1. The Kier molecular flexibility index (Phi) is 7.75. The molecule has 1 saturated heterocycles. The summed E-state index contributed by atoms with van der Waals surface area (Å²) in [6.45, 7) is 3.28. The molecule has 0 radical (unpaired) electrons. The number of benzene rings is 2. The lowest BCUT2D eigenvalue weighted by Gasteiger charge is -2.32. The van der Waals surface area contributed by atoms with Crippen molar-refractivity contribution in [2.24, 2.45) is 5.92 Å². The van der Waals surface area contributed by atoms with Crippen molar-refractivity contribution < 1.29 is 9.53 Å². The molecule has 1 aliphatic rings. The number of aromatic nitrogens is 1. The molecule has 3 aromatic rings. The smallest absolute Gasteiger partial charge is 0.224 e. The summed E-state index contributed by atoms with van der Waals surface area (Å²) >= 11 is 6.45. The van der Waals surface area contributed by atoms with Gasteiger partial charge in [-0.2, -0.15) is 0 Å². The van der Waals surface area contributed by atoms with E-state index in [4.69, 9.17) is 16.3 Å². The van der Waals surface area contributed by atoms with E-state index in [2.05, 4.69) is 15.2 Å². The Morgan fingerprint density at radius 3 is 2.47 bits per heavy atom. The predicted molar refractivity (Wildman–Crippen MR) is 127 cm³/mol. The highest BCUT2D eigenvalue weighted by molar-refractivity contribution is 6.31. The largest absolute Gasteiger partial charge is 0.492 e. The van der Waals surface area contributed by atoms with Gasteiger partial charge in [0, 0.05) is 23.7 Å². The highest BCUT2D eigenvalue weighted by Gasteiger charge is 2.28. The number of nitrogens with one attached hydrogen (secondary N) is 1. The van der Waals surface area contributed by atoms with Gasteiger partial charge in [0.25, 0.3) is 0 Å². The minimum absolute atomic E-state index is 0.0185. The van der Waals surface area contributed by atoms with E-state index < -0.39 is 0 Å². The number of hydrogen-bond donors (Lipinski definition) is 1. The Labute approximate surface area is 194 Å². The molecule has 1 atom stereocenters. The molecule has 1 amide bonds. The Morgan fingerprint density at radius 1 is 1.03 bits per heavy atom. The molecule has 5 nitrogen and oxygen atoms in total. The first-order valence-corrected chi connectivity index (χ1v) is 11.4. The van der Waals surface area contributed by atoms with E-state index in [0.29, 0.717) is 11.6 Å². The number of pyridine rings is 1. The van der Waals surface area contributed by atoms with Gasteiger partial charge in [-0.05, 0) is 61.8 Å². The van der Waals surface area contributed by atoms with Crippen molar-refractivity contribution in [1.82, 2.24) is 15.2 Å². The van der Waals surface area contributed by atoms with E-state index >= 15 is 0 Å². The van der Waals surface area contributed by atoms with Gasteiger partial charge >= 0.3 is 0 Å². The first kappa shape index (κ1) is 22.3. The summed E-state index contributed by atoms with van der Waals surface area (Å²) in [7, 11) is 0. The Hall–Kier alpha value is -2.89. The molecule has 6 heteroatoms. The summed E-state index contributed by atoms with van der Waals surface area (Å²) in [5.74, 6) is 0.928. The van der Waals surface area contributed by atoms with Crippen LogP contribution < -0.4 is 10.1 Å². The summed E-state index contributed by atoms with van der Waals surface area (Å²) in [5, 5.41) is 3.83. The molecule has 1 aliphatic heterocycles. The molecule has 0 bridgehead atoms. The average molecular weight is 450 g/mol. The summed E-state index contributed by atoms with van der Waals surface area (Å²) in [6, 6.07) is 22.8. The summed E-state index contributed by atoms with van der Waals surface area (Å²) in [4.78, 5) is 20.0. The molecule has 0 saturated carbocycles. The van der Waals surface area contributed by atoms with Crippen LogP contribution in [0.25, 0.3) is 0 Å². The highest BCUT2D eigenvalue weighted by Crippen LogP contribution is 2.28. The third kappa shape index (κ3) is 5.87. The lowest BCUT2D eigenvalue weighted by atomic mass is 9.94. The number of nitrogens with zero attached hydrogens (tertiary/aromatic N) is 2. The van der Waals surface area contributed by atoms with Gasteiger partial charge in [0.15, 0.2) is 0 Å². The van der Waals surface area contributed by atoms with Crippen LogP contribution >= 0.6 is 11.6 Å². The van der Waals surface area contributed by atoms with E-state index in [9.17, 15) is 4.79 Å². The van der Waals surface area contributed by atoms with Gasteiger partial charge in [0.05, 0.1) is 11.7 Å². The van der Waals surface area contributed by atoms with Gasteiger partial charge in [0.1, 0.15) is 12.4 Å². The zero-order chi connectivity index (χ0) is 22.2. The minimum atomic E-state index is -0.366. The lowest BCUT2D eigenvalue weighted by molar-refractivity contribution is -0.127. The van der Waals surface area contributed by atoms with Gasteiger partial charge in [-0.3, -0.25) is 14.7 Å². The highest BCUT2D eigenvalue weighted by atomic mass is 35.5. The number of halogens is 1. The van der Waals surface area contributed by atoms with E-state index in [1.54, 1.807) is 6.20 Å². The fourth-order valence-electron chi connectivity index (χ4n) is 4.06. The normalized spacial score (nSPS) is 15.8. The van der Waals surface area contributed by atoms with Crippen LogP contribution in [0, 0.1) is 5.92 Å². The van der Waals surface area contributed by atoms with Gasteiger partial charge in [0.2, 0.25) is 5.91 Å². The molecule has 166 valence electrons. The topological polar surface area (TPSA) is 54.5 Å². The second kappa shape index (κ2) is 11.1. The number of para-hydroxylation sites is 1. The van der Waals surface area contributed by atoms with Gasteiger partial charge in [-0.1, -0.05) is 54.1 Å². The molecule has 32 heavy (non-hydrogen) atoms. The maximum absolute atomic E-state index is 13.1. The molecule has 0 spiro atoms. The van der Waals surface area contributed by atoms with E-state index in [-0.39, 0.29) is 17.9 Å². The SMILES string of the molecule is O=C(NC(c1ccccn1)c1ccccc1Cl)C1CCN(CCOc2ccccc2)CC1. The Balaban J connectivity index is 1.32. The molecule has 2 aromatic carbocycles. The number of hydrogen-bond acceptors (Lipinski definition) is 4. The minimum Gasteiger partial charge on any atom is -0.492 e. The van der Waals surface area contributed by atoms with Crippen LogP contribution in [0.5, 0.6) is 5.75 Å². The second-order valence-electron chi connectivity index (χ2n) is 8.00. The zero-order valence-corrected chi connectivity index (χ0v) is 18.7. The van der Waals surface area contributed by atoms with Crippen LogP contribution in [0.4, 0.5) is 0 Å². The van der Waals surface area contributed by atoms with Crippen molar-refractivity contribution >= 4 is 17.5 Å². The van der Waals surface area contributed by atoms with Crippen LogP contribution in [0.3, 0.4) is 0 Å². The van der Waals surface area contributed by atoms with Crippen LogP contribution in [0.1, 0.15) is 30.1 Å². The van der Waals surface area contributed by atoms with Crippen LogP contribution in [-0.2, 0) is 4.79 Å². The molecular formula is C26H28ClN3O2. The standard InChI is InChI=1S/C26H28ClN3O2/c27-23-11-5-4-10-22(23)25(24-12-6-7-15-28-24)29-26(31)20-13-16-30(17-14-20)18-19-32-21-8-2-1-3-9-21/h1-12,15,20,25H,13-14,16-19H2,(H,29,31). The monoisotopic (exact) mass is 449 g/mol. The molecule has 4 rings (SSSR count). The first-order valence-electron chi connectivity index (χ1n) is 11.1. The second-order valence-corrected chi connectivity index (χ2v) is 8.40. The molecule has 2 heterocycles. The molecule has 1 N–H and O–H groups in total. The predicted octanol–water partition coefficient (Wildman–Crippen LogP) is 4.73. The maximum Gasteiger partial charge on any atom is 0.224 e. The Bertz CT molecular complexity index is 992. The van der Waals surface area contributed by atoms with Crippen LogP contribution in [0.2, 0.25) is 5.02 Å². The number of likely N-dealkylation sites (tertiary alicyclic amines) is 1. The van der Waals surface area contributed by atoms with Gasteiger partial charge < -0.3 is 10.1 Å². The van der Waals surface area contributed by atoms with Crippen molar-refractivity contribution in [2.75, 3.05) is 26.2 Å². The van der Waals surface area contributed by atoms with E-state index in [1.165, 1.54) is 0 Å². The summed E-state index contributed by atoms with van der Waals surface area (Å²) in [5.41, 5.74) is 1.64. The summed E-state index contributed by atoms with van der Waals surface area (Å²) < 4.78 is 5.80. The van der Waals surface area contributed by atoms with Crippen molar-refractivity contribution in [2.45, 2.75) is 18.9 Å². The quantitative estimate of drug-likeness (QED) is 0.540. The van der Waals surface area contributed by atoms with Crippen molar-refractivity contribution in [1.29, 1.82) is 0 Å². The van der Waals surface area contributed by atoms with Crippen LogP contribution in [-0.4, -0.2) is 42.0 Å². The van der Waals surface area contributed by atoms with Gasteiger partial charge in [-0.15, -0.1) is 0 Å². The number of carbonyl (C=O) groups excluding carboxylic acids is 1. The molecule has 1 unspecified atom stereocenters. The number of ether oxygens (including phenoxy) is 1. The zero-order valence-electron chi connectivity index (χ0n) is 18.0. The van der Waals surface area contributed by atoms with Crippen molar-refractivity contribution in [3.05, 3.63) is 95.3 Å². The molecule has 1 aromatic heterocycles. The number of carbonyl (C=O) groups is 1. The fraction of sp³-hybridized carbons (Fsp3) is 0.308. The fourth-order valence-corrected chi connectivity index (χ4v) is 4.30. The molecule has 1 fully saturated rings. The maximum atomic E-state index is 13.1. The van der Waals surface area contributed by atoms with Gasteiger partial charge in [-0.25, -0.2) is 0 Å². The number of rotatable bonds is 8. The lowest BCUT2D eigenvalue weighted by Crippen LogP contribution is -2.43.